The lowest BCUT2D eigenvalue weighted by Crippen LogP contribution is -2.29. The van der Waals surface area contributed by atoms with Crippen LogP contribution in [0, 0.1) is 0 Å². The number of benzene rings is 1. The average molecular weight is 314 g/mol. The quantitative estimate of drug-likeness (QED) is 0.604. The Bertz CT molecular complexity index is 780. The predicted octanol–water partition coefficient (Wildman–Crippen LogP) is 2.28. The molecule has 120 valence electrons. The molecule has 0 aliphatic carbocycles. The van der Waals surface area contributed by atoms with Crippen LogP contribution in [0.25, 0.3) is 11.3 Å². The van der Waals surface area contributed by atoms with Gasteiger partial charge in [0, 0.05) is 5.56 Å². The molecule has 0 atom stereocenters. The molecule has 0 saturated heterocycles. The van der Waals surface area contributed by atoms with Crippen LogP contribution in [-0.2, 0) is 11.3 Å². The van der Waals surface area contributed by atoms with Gasteiger partial charge in [-0.05, 0) is 25.1 Å². The van der Waals surface area contributed by atoms with E-state index < -0.39 is 11.5 Å². The van der Waals surface area contributed by atoms with Crippen LogP contribution in [0.4, 0.5) is 0 Å². The molecule has 0 aliphatic rings. The second kappa shape index (κ2) is 7.40. The van der Waals surface area contributed by atoms with Crippen LogP contribution in [0.1, 0.15) is 17.3 Å². The van der Waals surface area contributed by atoms with Gasteiger partial charge in [-0.25, -0.2) is 9.48 Å². The molecule has 0 fully saturated rings. The van der Waals surface area contributed by atoms with Gasteiger partial charge in [0.2, 0.25) is 0 Å². The Hall–Kier alpha value is -2.89. The minimum atomic E-state index is -0.665. The third-order valence-electron chi connectivity index (χ3n) is 3.14. The van der Waals surface area contributed by atoms with Gasteiger partial charge in [-0.3, -0.25) is 4.79 Å². The van der Waals surface area contributed by atoms with E-state index in [2.05, 4.69) is 11.7 Å². The number of hydrogen-bond acceptors (Lipinski definition) is 5. The summed E-state index contributed by atoms with van der Waals surface area (Å²) in [5, 5.41) is 4.28. The minimum absolute atomic E-state index is 0.0541. The zero-order chi connectivity index (χ0) is 16.8. The summed E-state index contributed by atoms with van der Waals surface area (Å²) in [4.78, 5) is 24.3. The molecule has 0 unspecified atom stereocenters. The van der Waals surface area contributed by atoms with E-state index >= 15 is 0 Å². The van der Waals surface area contributed by atoms with E-state index in [1.54, 1.807) is 32.2 Å². The number of carbonyl (C=O) groups is 1. The first kappa shape index (κ1) is 16.5. The number of aromatic nitrogens is 2. The minimum Gasteiger partial charge on any atom is -0.497 e. The number of carbonyl (C=O) groups excluding carboxylic acids is 1. The molecule has 0 N–H and O–H groups in total. The van der Waals surface area contributed by atoms with Gasteiger partial charge in [-0.1, -0.05) is 18.2 Å². The zero-order valence-electron chi connectivity index (χ0n) is 13.1. The van der Waals surface area contributed by atoms with Gasteiger partial charge in [0.1, 0.15) is 11.3 Å². The van der Waals surface area contributed by atoms with E-state index in [1.807, 2.05) is 12.1 Å². The molecular weight excluding hydrogens is 296 g/mol. The predicted molar refractivity (Wildman–Crippen MR) is 86.6 cm³/mol. The molecule has 0 amide bonds. The van der Waals surface area contributed by atoms with Gasteiger partial charge < -0.3 is 9.47 Å². The number of hydrogen-bond donors (Lipinski definition) is 0. The van der Waals surface area contributed by atoms with Crippen molar-refractivity contribution < 1.29 is 14.3 Å². The highest BCUT2D eigenvalue weighted by molar-refractivity contribution is 5.90. The van der Waals surface area contributed by atoms with Crippen LogP contribution >= 0.6 is 0 Å². The highest BCUT2D eigenvalue weighted by Gasteiger charge is 2.17. The molecule has 0 spiro atoms. The molecule has 1 aromatic heterocycles. The van der Waals surface area contributed by atoms with Gasteiger partial charge in [0.15, 0.2) is 0 Å². The summed E-state index contributed by atoms with van der Waals surface area (Å²) < 4.78 is 11.3. The fraction of sp³-hybridized carbons (Fsp3) is 0.235. The van der Waals surface area contributed by atoms with Crippen molar-refractivity contribution in [3.8, 4) is 17.0 Å². The highest BCUT2D eigenvalue weighted by atomic mass is 16.5. The number of nitrogens with zero attached hydrogens (tertiary/aromatic N) is 2. The molecule has 1 aromatic carbocycles. The number of ether oxygens (including phenoxy) is 2. The Morgan fingerprint density at radius 2 is 2.17 bits per heavy atom. The van der Waals surface area contributed by atoms with E-state index in [-0.39, 0.29) is 18.7 Å². The first-order valence-corrected chi connectivity index (χ1v) is 7.15. The van der Waals surface area contributed by atoms with Crippen molar-refractivity contribution in [3.63, 3.8) is 0 Å². The summed E-state index contributed by atoms with van der Waals surface area (Å²) in [6.45, 7) is 5.68. The summed E-state index contributed by atoms with van der Waals surface area (Å²) in [5.74, 6) is -0.00897. The number of rotatable bonds is 6. The van der Waals surface area contributed by atoms with Crippen LogP contribution in [0.2, 0.25) is 0 Å². The third-order valence-corrected chi connectivity index (χ3v) is 3.14. The highest BCUT2D eigenvalue weighted by Crippen LogP contribution is 2.22. The Kier molecular flexibility index (Phi) is 5.30. The molecule has 23 heavy (non-hydrogen) atoms. The molecule has 2 aromatic rings. The largest absolute Gasteiger partial charge is 0.497 e. The van der Waals surface area contributed by atoms with Crippen LogP contribution < -0.4 is 10.3 Å². The fourth-order valence-corrected chi connectivity index (χ4v) is 2.07. The standard InChI is InChI=1S/C17H18N2O4/c1-4-9-19-16(20)14(17(21)23-5-2)11-15(18-19)12-7-6-8-13(10-12)22-3/h4,6-8,10-11H,1,5,9H2,2-3H3. The smallest absolute Gasteiger partial charge is 0.343 e. The van der Waals surface area contributed by atoms with E-state index in [9.17, 15) is 9.59 Å². The fourth-order valence-electron chi connectivity index (χ4n) is 2.07. The lowest BCUT2D eigenvalue weighted by atomic mass is 10.1. The van der Waals surface area contributed by atoms with Crippen LogP contribution in [-0.4, -0.2) is 29.5 Å². The number of methoxy groups -OCH3 is 1. The molecule has 0 bridgehead atoms. The van der Waals surface area contributed by atoms with Crippen molar-refractivity contribution in [2.45, 2.75) is 13.5 Å². The molecular formula is C17H18N2O4. The zero-order valence-corrected chi connectivity index (χ0v) is 13.1. The van der Waals surface area contributed by atoms with Crippen molar-refractivity contribution in [1.29, 1.82) is 0 Å². The Labute approximate surface area is 134 Å². The van der Waals surface area contributed by atoms with E-state index in [4.69, 9.17) is 9.47 Å². The first-order valence-electron chi connectivity index (χ1n) is 7.15. The second-order valence-corrected chi connectivity index (χ2v) is 4.67. The lowest BCUT2D eigenvalue weighted by Gasteiger charge is -2.10. The molecule has 6 nitrogen and oxygen atoms in total. The van der Waals surface area contributed by atoms with Gasteiger partial charge in [-0.2, -0.15) is 5.10 Å². The van der Waals surface area contributed by atoms with Crippen molar-refractivity contribution in [1.82, 2.24) is 9.78 Å². The molecule has 0 saturated carbocycles. The van der Waals surface area contributed by atoms with Crippen molar-refractivity contribution >= 4 is 5.97 Å². The van der Waals surface area contributed by atoms with Crippen molar-refractivity contribution in [2.75, 3.05) is 13.7 Å². The van der Waals surface area contributed by atoms with Gasteiger partial charge in [0.25, 0.3) is 5.56 Å². The maximum Gasteiger partial charge on any atom is 0.343 e. The maximum atomic E-state index is 12.3. The van der Waals surface area contributed by atoms with Crippen molar-refractivity contribution in [2.24, 2.45) is 0 Å². The number of esters is 1. The van der Waals surface area contributed by atoms with Crippen molar-refractivity contribution in [3.05, 3.63) is 58.9 Å². The van der Waals surface area contributed by atoms with E-state index in [0.29, 0.717) is 11.4 Å². The van der Waals surface area contributed by atoms with Gasteiger partial charge in [0.05, 0.1) is 26.0 Å². The Morgan fingerprint density at radius 1 is 1.39 bits per heavy atom. The Morgan fingerprint density at radius 3 is 2.83 bits per heavy atom. The van der Waals surface area contributed by atoms with E-state index in [0.717, 1.165) is 5.56 Å². The van der Waals surface area contributed by atoms with E-state index in [1.165, 1.54) is 10.7 Å². The lowest BCUT2D eigenvalue weighted by molar-refractivity contribution is 0.0523. The maximum absolute atomic E-state index is 12.3. The Balaban J connectivity index is 2.61. The van der Waals surface area contributed by atoms with Crippen LogP contribution in [0.3, 0.4) is 0 Å². The topological polar surface area (TPSA) is 70.4 Å². The van der Waals surface area contributed by atoms with Crippen LogP contribution in [0.5, 0.6) is 5.75 Å². The number of allylic oxidation sites excluding steroid dienone is 1. The van der Waals surface area contributed by atoms with Crippen LogP contribution in [0.15, 0.2) is 47.8 Å². The van der Waals surface area contributed by atoms with Gasteiger partial charge in [-0.15, -0.1) is 6.58 Å². The summed E-state index contributed by atoms with van der Waals surface area (Å²) in [6.07, 6.45) is 1.54. The first-order chi connectivity index (χ1) is 11.1. The SMILES string of the molecule is C=CCn1nc(-c2cccc(OC)c2)cc(C(=O)OCC)c1=O. The molecule has 2 rings (SSSR count). The normalized spacial score (nSPS) is 10.2. The molecule has 0 aliphatic heterocycles. The molecule has 1 heterocycles. The molecule has 6 heteroatoms. The summed E-state index contributed by atoms with van der Waals surface area (Å²) >= 11 is 0. The second-order valence-electron chi connectivity index (χ2n) is 4.67. The molecule has 0 radical (unpaired) electrons. The summed E-state index contributed by atoms with van der Waals surface area (Å²) in [6, 6.07) is 8.65. The summed E-state index contributed by atoms with van der Waals surface area (Å²) in [7, 11) is 1.56. The third kappa shape index (κ3) is 3.66. The summed E-state index contributed by atoms with van der Waals surface area (Å²) in [5.41, 5.74) is 0.651. The monoisotopic (exact) mass is 314 g/mol. The average Bonchev–Trinajstić information content (AvgIpc) is 2.57. The van der Waals surface area contributed by atoms with Gasteiger partial charge >= 0.3 is 5.97 Å².